The molecule has 0 aromatic heterocycles. The number of carbonyl (C=O) groups excluding carboxylic acids is 1. The fourth-order valence-corrected chi connectivity index (χ4v) is 2.92. The second kappa shape index (κ2) is 6.48. The Kier molecular flexibility index (Phi) is 4.95. The minimum atomic E-state index is -0.608. The number of ketones is 1. The summed E-state index contributed by atoms with van der Waals surface area (Å²) in [6.07, 6.45) is 10.4. The number of ether oxygens (including phenoxy) is 2. The Labute approximate surface area is 110 Å². The summed E-state index contributed by atoms with van der Waals surface area (Å²) in [7, 11) is 1.66. The highest BCUT2D eigenvalue weighted by Crippen LogP contribution is 2.31. The van der Waals surface area contributed by atoms with E-state index in [0.29, 0.717) is 26.1 Å². The molecule has 0 aromatic carbocycles. The molecule has 102 valence electrons. The lowest BCUT2D eigenvalue weighted by molar-refractivity contribution is -0.148. The van der Waals surface area contributed by atoms with Crippen molar-refractivity contribution < 1.29 is 14.3 Å². The van der Waals surface area contributed by atoms with Gasteiger partial charge in [-0.15, -0.1) is 0 Å². The molecule has 0 aromatic rings. The highest BCUT2D eigenvalue weighted by molar-refractivity contribution is 6.02. The molecule has 2 aliphatic rings. The maximum atomic E-state index is 12.7. The maximum absolute atomic E-state index is 12.7. The largest absolute Gasteiger partial charge is 0.381 e. The molecule has 0 bridgehead atoms. The van der Waals surface area contributed by atoms with Crippen molar-refractivity contribution in [2.75, 3.05) is 20.3 Å². The number of hydrogen-bond acceptors (Lipinski definition) is 3. The van der Waals surface area contributed by atoms with Crippen molar-refractivity contribution in [3.05, 3.63) is 11.6 Å². The van der Waals surface area contributed by atoms with Crippen LogP contribution in [0.5, 0.6) is 0 Å². The first kappa shape index (κ1) is 13.8. The van der Waals surface area contributed by atoms with E-state index in [4.69, 9.17) is 9.47 Å². The molecule has 1 heterocycles. The van der Waals surface area contributed by atoms with Crippen molar-refractivity contribution in [3.8, 4) is 0 Å². The molecule has 0 radical (unpaired) electrons. The van der Waals surface area contributed by atoms with Crippen LogP contribution in [-0.4, -0.2) is 31.7 Å². The van der Waals surface area contributed by atoms with E-state index < -0.39 is 5.60 Å². The zero-order valence-corrected chi connectivity index (χ0v) is 11.4. The first-order valence-corrected chi connectivity index (χ1v) is 7.15. The smallest absolute Gasteiger partial charge is 0.190 e. The molecule has 1 fully saturated rings. The van der Waals surface area contributed by atoms with E-state index >= 15 is 0 Å². The van der Waals surface area contributed by atoms with Crippen molar-refractivity contribution in [1.29, 1.82) is 0 Å². The van der Waals surface area contributed by atoms with Crippen molar-refractivity contribution in [2.45, 2.75) is 57.0 Å². The van der Waals surface area contributed by atoms with Crippen LogP contribution in [0.1, 0.15) is 51.4 Å². The highest BCUT2D eigenvalue weighted by Gasteiger charge is 2.41. The number of carbonyl (C=O) groups is 1. The Hall–Kier alpha value is -0.670. The molecule has 0 unspecified atom stereocenters. The van der Waals surface area contributed by atoms with Crippen LogP contribution in [0.4, 0.5) is 0 Å². The van der Waals surface area contributed by atoms with Gasteiger partial charge in [-0.25, -0.2) is 0 Å². The summed E-state index contributed by atoms with van der Waals surface area (Å²) in [5.74, 6) is 0.218. The van der Waals surface area contributed by atoms with E-state index in [-0.39, 0.29) is 5.78 Å². The van der Waals surface area contributed by atoms with Gasteiger partial charge in [0, 0.05) is 33.2 Å². The van der Waals surface area contributed by atoms with Crippen LogP contribution < -0.4 is 0 Å². The number of allylic oxidation sites excluding steroid dienone is 1. The zero-order valence-electron chi connectivity index (χ0n) is 11.4. The van der Waals surface area contributed by atoms with Crippen LogP contribution in [0.2, 0.25) is 0 Å². The fraction of sp³-hybridized carbons (Fsp3) is 0.800. The Morgan fingerprint density at radius 2 is 1.94 bits per heavy atom. The molecule has 0 spiro atoms. The van der Waals surface area contributed by atoms with Crippen molar-refractivity contribution in [2.24, 2.45) is 0 Å². The first-order valence-electron chi connectivity index (χ1n) is 7.15. The van der Waals surface area contributed by atoms with E-state index in [0.717, 1.165) is 24.8 Å². The molecule has 0 saturated carbocycles. The molecule has 18 heavy (non-hydrogen) atoms. The molecule has 0 atom stereocenters. The molecule has 3 nitrogen and oxygen atoms in total. The highest BCUT2D eigenvalue weighted by atomic mass is 16.5. The number of hydrogen-bond donors (Lipinski definition) is 0. The van der Waals surface area contributed by atoms with Gasteiger partial charge >= 0.3 is 0 Å². The number of rotatable bonds is 3. The third-order valence-corrected chi connectivity index (χ3v) is 4.19. The van der Waals surface area contributed by atoms with Gasteiger partial charge in [-0.3, -0.25) is 4.79 Å². The summed E-state index contributed by atoms with van der Waals surface area (Å²) < 4.78 is 11.0. The second-order valence-electron chi connectivity index (χ2n) is 5.32. The lowest BCUT2D eigenvalue weighted by atomic mass is 9.83. The molecule has 1 saturated heterocycles. The maximum Gasteiger partial charge on any atom is 0.190 e. The third-order valence-electron chi connectivity index (χ3n) is 4.19. The van der Waals surface area contributed by atoms with Gasteiger partial charge in [0.05, 0.1) is 0 Å². The number of Topliss-reactive ketones (excluding diaryl/α,β-unsaturated/α-hetero) is 1. The zero-order chi connectivity index (χ0) is 12.8. The minimum Gasteiger partial charge on any atom is -0.381 e. The lowest BCUT2D eigenvalue weighted by Crippen LogP contribution is -2.46. The normalized spacial score (nSPS) is 24.8. The van der Waals surface area contributed by atoms with Crippen molar-refractivity contribution in [3.63, 3.8) is 0 Å². The molecular formula is C15H24O3. The molecule has 3 heteroatoms. The Bertz CT molecular complexity index is 314. The van der Waals surface area contributed by atoms with Crippen LogP contribution in [-0.2, 0) is 14.3 Å². The fourth-order valence-electron chi connectivity index (χ4n) is 2.92. The van der Waals surface area contributed by atoms with E-state index in [1.807, 2.05) is 0 Å². The Morgan fingerprint density at radius 3 is 2.67 bits per heavy atom. The second-order valence-corrected chi connectivity index (χ2v) is 5.32. The molecule has 0 amide bonds. The quantitative estimate of drug-likeness (QED) is 0.774. The summed E-state index contributed by atoms with van der Waals surface area (Å²) in [6, 6.07) is 0. The van der Waals surface area contributed by atoms with E-state index in [1.54, 1.807) is 7.11 Å². The molecule has 0 N–H and O–H groups in total. The molecule has 1 aliphatic heterocycles. The monoisotopic (exact) mass is 252 g/mol. The summed E-state index contributed by atoms with van der Waals surface area (Å²) >= 11 is 0. The van der Waals surface area contributed by atoms with Crippen molar-refractivity contribution >= 4 is 5.78 Å². The summed E-state index contributed by atoms with van der Waals surface area (Å²) in [5.41, 5.74) is 0.391. The van der Waals surface area contributed by atoms with E-state index in [2.05, 4.69) is 6.08 Å². The van der Waals surface area contributed by atoms with Crippen LogP contribution in [0, 0.1) is 0 Å². The van der Waals surface area contributed by atoms with Crippen LogP contribution in [0.25, 0.3) is 0 Å². The van der Waals surface area contributed by atoms with Gasteiger partial charge in [0.2, 0.25) is 0 Å². The van der Waals surface area contributed by atoms with Crippen molar-refractivity contribution in [1.82, 2.24) is 0 Å². The number of methoxy groups -OCH3 is 1. The molecule has 1 aliphatic carbocycles. The lowest BCUT2D eigenvalue weighted by Gasteiger charge is -2.35. The van der Waals surface area contributed by atoms with Crippen LogP contribution in [0.3, 0.4) is 0 Å². The van der Waals surface area contributed by atoms with Crippen LogP contribution >= 0.6 is 0 Å². The molecule has 2 rings (SSSR count). The predicted molar refractivity (Wildman–Crippen MR) is 70.6 cm³/mol. The van der Waals surface area contributed by atoms with Gasteiger partial charge in [0.1, 0.15) is 5.60 Å². The average Bonchev–Trinajstić information content (AvgIpc) is 2.38. The standard InChI is InChI=1S/C15H24O3/c1-17-15(9-11-18-12-10-15)14(16)13-7-5-3-2-4-6-8-13/h7H,2-6,8-12H2,1H3. The van der Waals surface area contributed by atoms with E-state index in [9.17, 15) is 4.79 Å². The van der Waals surface area contributed by atoms with Gasteiger partial charge in [-0.05, 0) is 31.3 Å². The van der Waals surface area contributed by atoms with E-state index in [1.165, 1.54) is 19.3 Å². The van der Waals surface area contributed by atoms with Gasteiger partial charge in [0.25, 0.3) is 0 Å². The average molecular weight is 252 g/mol. The summed E-state index contributed by atoms with van der Waals surface area (Å²) in [4.78, 5) is 12.7. The van der Waals surface area contributed by atoms with Gasteiger partial charge in [-0.1, -0.05) is 18.9 Å². The topological polar surface area (TPSA) is 35.5 Å². The SMILES string of the molecule is COC1(C(=O)C2=CCCCCCC2)CCOCC1. The third kappa shape index (κ3) is 3.01. The Morgan fingerprint density at radius 1 is 1.22 bits per heavy atom. The van der Waals surface area contributed by atoms with Gasteiger partial charge < -0.3 is 9.47 Å². The molecular weight excluding hydrogens is 228 g/mol. The minimum absolute atomic E-state index is 0.218. The summed E-state index contributed by atoms with van der Waals surface area (Å²) in [5, 5.41) is 0. The van der Waals surface area contributed by atoms with Crippen LogP contribution in [0.15, 0.2) is 11.6 Å². The van der Waals surface area contributed by atoms with Gasteiger partial charge in [-0.2, -0.15) is 0 Å². The predicted octanol–water partition coefficient (Wildman–Crippen LogP) is 3.03. The Balaban J connectivity index is 2.11. The summed E-state index contributed by atoms with van der Waals surface area (Å²) in [6.45, 7) is 1.26. The van der Waals surface area contributed by atoms with Gasteiger partial charge in [0.15, 0.2) is 5.78 Å². The first-order chi connectivity index (χ1) is 8.78.